The van der Waals surface area contributed by atoms with Crippen LogP contribution in [0.2, 0.25) is 0 Å². The van der Waals surface area contributed by atoms with E-state index < -0.39 is 0 Å². The minimum Gasteiger partial charge on any atom is -0.466 e. The molecule has 5 heteroatoms. The van der Waals surface area contributed by atoms with Gasteiger partial charge in [0.2, 0.25) is 0 Å². The van der Waals surface area contributed by atoms with E-state index in [4.69, 9.17) is 9.47 Å². The Bertz CT molecular complexity index is 709. The molecule has 1 unspecified atom stereocenters. The number of carbonyl (C=O) groups is 1. The lowest BCUT2D eigenvalue weighted by Crippen LogP contribution is -2.17. The number of esters is 1. The van der Waals surface area contributed by atoms with Gasteiger partial charge in [0.15, 0.2) is 0 Å². The molecule has 0 N–H and O–H groups in total. The van der Waals surface area contributed by atoms with Gasteiger partial charge in [-0.3, -0.25) is 4.79 Å². The van der Waals surface area contributed by atoms with Crippen LogP contribution >= 0.6 is 0 Å². The average Bonchev–Trinajstić information content (AvgIpc) is 3.04. The van der Waals surface area contributed by atoms with Crippen LogP contribution in [0.15, 0.2) is 30.7 Å². The quantitative estimate of drug-likeness (QED) is 0.680. The molecule has 0 saturated carbocycles. The van der Waals surface area contributed by atoms with Crippen LogP contribution in [0.1, 0.15) is 55.5 Å². The number of benzene rings is 1. The molecule has 0 amide bonds. The summed E-state index contributed by atoms with van der Waals surface area (Å²) in [5.41, 5.74) is 4.90. The predicted octanol–water partition coefficient (Wildman–Crippen LogP) is 3.97. The molecule has 0 spiro atoms. The number of carbonyl (C=O) groups excluding carboxylic acids is 1. The van der Waals surface area contributed by atoms with E-state index in [1.54, 1.807) is 13.3 Å². The fourth-order valence-electron chi connectivity index (χ4n) is 2.80. The summed E-state index contributed by atoms with van der Waals surface area (Å²) >= 11 is 0. The maximum Gasteiger partial charge on any atom is 0.308 e. The maximum atomic E-state index is 11.5. The largest absolute Gasteiger partial charge is 0.466 e. The van der Waals surface area contributed by atoms with Crippen molar-refractivity contribution in [1.29, 1.82) is 0 Å². The van der Waals surface area contributed by atoms with Crippen LogP contribution in [0.5, 0.6) is 0 Å². The summed E-state index contributed by atoms with van der Waals surface area (Å²) in [7, 11) is 0. The average molecular weight is 344 g/mol. The fraction of sp³-hybridized carbons (Fsp3) is 0.500. The van der Waals surface area contributed by atoms with Gasteiger partial charge in [0.25, 0.3) is 0 Å². The number of hydrogen-bond donors (Lipinski definition) is 0. The number of aromatic nitrogens is 2. The highest BCUT2D eigenvalue weighted by atomic mass is 16.5. The molecule has 2 rings (SSSR count). The lowest BCUT2D eigenvalue weighted by atomic mass is 9.92. The van der Waals surface area contributed by atoms with Crippen LogP contribution in [0, 0.1) is 13.8 Å². The van der Waals surface area contributed by atoms with Gasteiger partial charge in [0, 0.05) is 12.1 Å². The van der Waals surface area contributed by atoms with Crippen LogP contribution in [0.4, 0.5) is 0 Å². The molecule has 0 bridgehead atoms. The number of hydrogen-bond acceptors (Lipinski definition) is 4. The van der Waals surface area contributed by atoms with Gasteiger partial charge in [0.05, 0.1) is 31.2 Å². The van der Waals surface area contributed by atoms with Crippen molar-refractivity contribution in [3.05, 3.63) is 53.1 Å². The molecule has 1 aromatic carbocycles. The molecule has 25 heavy (non-hydrogen) atoms. The Morgan fingerprint density at radius 2 is 2.04 bits per heavy atom. The normalized spacial score (nSPS) is 13.5. The van der Waals surface area contributed by atoms with Crippen molar-refractivity contribution in [2.45, 2.75) is 59.8 Å². The van der Waals surface area contributed by atoms with Crippen LogP contribution in [-0.2, 0) is 21.0 Å². The second-order valence-corrected chi connectivity index (χ2v) is 6.44. The number of rotatable bonds is 8. The fourth-order valence-corrected chi connectivity index (χ4v) is 2.80. The van der Waals surface area contributed by atoms with Gasteiger partial charge in [-0.2, -0.15) is 0 Å². The van der Waals surface area contributed by atoms with Crippen LogP contribution in [-0.4, -0.2) is 28.2 Å². The van der Waals surface area contributed by atoms with Gasteiger partial charge in [-0.1, -0.05) is 25.1 Å². The van der Waals surface area contributed by atoms with Crippen LogP contribution < -0.4 is 0 Å². The summed E-state index contributed by atoms with van der Waals surface area (Å²) in [6.07, 6.45) is 3.84. The maximum absolute atomic E-state index is 11.5. The van der Waals surface area contributed by atoms with Crippen LogP contribution in [0.3, 0.4) is 0 Å². The zero-order chi connectivity index (χ0) is 18.4. The van der Waals surface area contributed by atoms with Crippen molar-refractivity contribution in [3.63, 3.8) is 0 Å². The van der Waals surface area contributed by atoms with E-state index in [1.165, 1.54) is 16.7 Å². The number of nitrogens with zero attached hydrogens (tertiary/aromatic N) is 2. The van der Waals surface area contributed by atoms with Crippen LogP contribution in [0.25, 0.3) is 0 Å². The van der Waals surface area contributed by atoms with Crippen molar-refractivity contribution in [3.8, 4) is 0 Å². The lowest BCUT2D eigenvalue weighted by Gasteiger charge is -2.14. The van der Waals surface area contributed by atoms with Gasteiger partial charge >= 0.3 is 5.97 Å². The van der Waals surface area contributed by atoms with Gasteiger partial charge < -0.3 is 14.0 Å². The minimum absolute atomic E-state index is 0.193. The first-order chi connectivity index (χ1) is 11.9. The molecule has 0 aliphatic carbocycles. The van der Waals surface area contributed by atoms with E-state index in [1.807, 2.05) is 17.7 Å². The van der Waals surface area contributed by atoms with E-state index in [2.05, 4.69) is 44.0 Å². The molecule has 0 aliphatic heterocycles. The molecular formula is C20H28N2O3. The topological polar surface area (TPSA) is 53.4 Å². The zero-order valence-electron chi connectivity index (χ0n) is 15.8. The molecule has 1 aromatic heterocycles. The first kappa shape index (κ1) is 19.2. The zero-order valence-corrected chi connectivity index (χ0v) is 15.8. The first-order valence-corrected chi connectivity index (χ1v) is 8.77. The van der Waals surface area contributed by atoms with Gasteiger partial charge in [0.1, 0.15) is 6.73 Å². The van der Waals surface area contributed by atoms with Gasteiger partial charge in [-0.25, -0.2) is 4.98 Å². The molecule has 0 fully saturated rings. The standard InChI is InChI=1S/C20H28N2O3/c1-6-24-20(23)10-15(3)25-13-22-11-19(21-12-22)17(5)18-9-7-8-14(2)16(18)4/h7-9,11-12,15,17H,6,10,13H2,1-5H3/t15?,17-/m0/s1. The number of imidazole rings is 1. The van der Waals surface area contributed by atoms with E-state index in [0.29, 0.717) is 13.3 Å². The predicted molar refractivity (Wildman–Crippen MR) is 97.5 cm³/mol. The summed E-state index contributed by atoms with van der Waals surface area (Å²) in [4.78, 5) is 16.0. The van der Waals surface area contributed by atoms with E-state index in [0.717, 1.165) is 5.69 Å². The Morgan fingerprint density at radius 1 is 1.28 bits per heavy atom. The third-order valence-corrected chi connectivity index (χ3v) is 4.48. The lowest BCUT2D eigenvalue weighted by molar-refractivity contribution is -0.146. The highest BCUT2D eigenvalue weighted by Crippen LogP contribution is 2.27. The third kappa shape index (κ3) is 5.16. The summed E-state index contributed by atoms with van der Waals surface area (Å²) in [6.45, 7) is 10.9. The minimum atomic E-state index is -0.232. The molecule has 5 nitrogen and oxygen atoms in total. The van der Waals surface area contributed by atoms with Crippen molar-refractivity contribution >= 4 is 5.97 Å². The summed E-state index contributed by atoms with van der Waals surface area (Å²) in [6, 6.07) is 6.37. The van der Waals surface area contributed by atoms with Crippen molar-refractivity contribution in [2.75, 3.05) is 6.61 Å². The molecule has 0 radical (unpaired) electrons. The monoisotopic (exact) mass is 344 g/mol. The molecule has 136 valence electrons. The third-order valence-electron chi connectivity index (χ3n) is 4.48. The Kier molecular flexibility index (Phi) is 6.76. The summed E-state index contributed by atoms with van der Waals surface area (Å²) < 4.78 is 12.5. The van der Waals surface area contributed by atoms with Crippen molar-refractivity contribution in [2.24, 2.45) is 0 Å². The molecule has 2 atom stereocenters. The number of aryl methyl sites for hydroxylation is 1. The van der Waals surface area contributed by atoms with E-state index in [-0.39, 0.29) is 24.4 Å². The first-order valence-electron chi connectivity index (χ1n) is 8.77. The Labute approximate surface area is 150 Å². The molecule has 2 aromatic rings. The second-order valence-electron chi connectivity index (χ2n) is 6.44. The molecule has 1 heterocycles. The summed E-state index contributed by atoms with van der Waals surface area (Å²) in [5, 5.41) is 0. The summed E-state index contributed by atoms with van der Waals surface area (Å²) in [5.74, 6) is -0.0111. The van der Waals surface area contributed by atoms with Crippen molar-refractivity contribution in [1.82, 2.24) is 9.55 Å². The Morgan fingerprint density at radius 3 is 2.76 bits per heavy atom. The highest BCUT2D eigenvalue weighted by molar-refractivity contribution is 5.69. The molecule has 0 saturated heterocycles. The van der Waals surface area contributed by atoms with E-state index >= 15 is 0 Å². The second kappa shape index (κ2) is 8.81. The highest BCUT2D eigenvalue weighted by Gasteiger charge is 2.15. The Hall–Kier alpha value is -2.14. The number of ether oxygens (including phenoxy) is 2. The molecular weight excluding hydrogens is 316 g/mol. The Balaban J connectivity index is 1.95. The smallest absolute Gasteiger partial charge is 0.308 e. The van der Waals surface area contributed by atoms with Crippen molar-refractivity contribution < 1.29 is 14.3 Å². The van der Waals surface area contributed by atoms with E-state index in [9.17, 15) is 4.79 Å². The van der Waals surface area contributed by atoms with Gasteiger partial charge in [-0.05, 0) is 44.4 Å². The molecule has 0 aliphatic rings. The van der Waals surface area contributed by atoms with Gasteiger partial charge in [-0.15, -0.1) is 0 Å². The SMILES string of the molecule is CCOC(=O)CC(C)OCn1cnc([C@@H](C)c2cccc(C)c2C)c1.